The first kappa shape index (κ1) is 19.5. The van der Waals surface area contributed by atoms with E-state index in [1.807, 2.05) is 0 Å². The molecule has 5 heteroatoms. The molecule has 3 rings (SSSR count). The summed E-state index contributed by atoms with van der Waals surface area (Å²) < 4.78 is 13.2. The number of nitrogens with zero attached hydrogens (tertiary/aromatic N) is 2. The molecule has 0 aliphatic heterocycles. The van der Waals surface area contributed by atoms with E-state index in [2.05, 4.69) is 24.1 Å². The van der Waals surface area contributed by atoms with E-state index in [0.29, 0.717) is 29.8 Å². The van der Waals surface area contributed by atoms with Crippen molar-refractivity contribution < 1.29 is 9.18 Å². The fourth-order valence-corrected chi connectivity index (χ4v) is 3.66. The molecule has 0 saturated heterocycles. The van der Waals surface area contributed by atoms with E-state index in [1.54, 1.807) is 18.3 Å². The molecular weight excluding hydrogens is 341 g/mol. The zero-order chi connectivity index (χ0) is 19.2. The van der Waals surface area contributed by atoms with Crippen molar-refractivity contribution in [3.05, 3.63) is 42.0 Å². The highest BCUT2D eigenvalue weighted by atomic mass is 19.1. The monoisotopic (exact) mass is 369 g/mol. The molecule has 2 aromatic rings. The molecule has 0 atom stereocenters. The largest absolute Gasteiger partial charge is 0.309 e. The maximum Gasteiger partial charge on any atom is 0.225 e. The molecule has 1 aliphatic carbocycles. The van der Waals surface area contributed by atoms with Gasteiger partial charge in [-0.1, -0.05) is 33.1 Å². The lowest BCUT2D eigenvalue weighted by atomic mass is 9.87. The normalized spacial score (nSPS) is 15.1. The van der Waals surface area contributed by atoms with Crippen LogP contribution in [0.25, 0.3) is 11.3 Å². The summed E-state index contributed by atoms with van der Waals surface area (Å²) in [6.07, 6.45) is 8.94. The van der Waals surface area contributed by atoms with Crippen molar-refractivity contribution >= 4 is 11.7 Å². The van der Waals surface area contributed by atoms with E-state index in [0.717, 1.165) is 30.5 Å². The molecule has 27 heavy (non-hydrogen) atoms. The minimum Gasteiger partial charge on any atom is -0.309 e. The number of nitrogens with one attached hydrogen (secondary N) is 1. The van der Waals surface area contributed by atoms with E-state index in [1.165, 1.54) is 31.4 Å². The minimum atomic E-state index is -0.277. The molecule has 1 saturated carbocycles. The Morgan fingerprint density at radius 1 is 1.19 bits per heavy atom. The number of carbonyl (C=O) groups excluding carboxylic acids is 1. The third kappa shape index (κ3) is 5.59. The standard InChI is InChI=1S/C22H28FN3O/c1-15(2)12-19-22(26-21(27)13-16-6-4-3-5-7-16)24-14-20(25-19)17-8-10-18(23)11-9-17/h8-11,14-16H,3-7,12-13H2,1-2H3,(H,24,26,27). The van der Waals surface area contributed by atoms with E-state index < -0.39 is 0 Å². The van der Waals surface area contributed by atoms with E-state index in [4.69, 9.17) is 4.98 Å². The quantitative estimate of drug-likeness (QED) is 0.743. The molecule has 144 valence electrons. The van der Waals surface area contributed by atoms with Crippen molar-refractivity contribution in [2.24, 2.45) is 11.8 Å². The molecule has 0 unspecified atom stereocenters. The number of benzene rings is 1. The van der Waals surface area contributed by atoms with Gasteiger partial charge < -0.3 is 5.32 Å². The van der Waals surface area contributed by atoms with Gasteiger partial charge in [-0.05, 0) is 55.4 Å². The molecule has 1 aromatic carbocycles. The first-order chi connectivity index (χ1) is 13.0. The summed E-state index contributed by atoms with van der Waals surface area (Å²) in [7, 11) is 0. The van der Waals surface area contributed by atoms with Crippen LogP contribution >= 0.6 is 0 Å². The zero-order valence-electron chi connectivity index (χ0n) is 16.2. The van der Waals surface area contributed by atoms with Crippen LogP contribution in [0.15, 0.2) is 30.5 Å². The van der Waals surface area contributed by atoms with E-state index in [-0.39, 0.29) is 11.7 Å². The highest BCUT2D eigenvalue weighted by Crippen LogP contribution is 2.27. The Hall–Kier alpha value is -2.30. The predicted octanol–water partition coefficient (Wildman–Crippen LogP) is 5.39. The third-order valence-corrected chi connectivity index (χ3v) is 5.04. The minimum absolute atomic E-state index is 0.0238. The molecule has 1 fully saturated rings. The summed E-state index contributed by atoms with van der Waals surface area (Å²) in [6, 6.07) is 6.22. The van der Waals surface area contributed by atoms with Gasteiger partial charge in [0.25, 0.3) is 0 Å². The Morgan fingerprint density at radius 3 is 2.56 bits per heavy atom. The first-order valence-corrected chi connectivity index (χ1v) is 9.93. The number of hydrogen-bond acceptors (Lipinski definition) is 3. The Kier molecular flexibility index (Phi) is 6.54. The molecular formula is C22H28FN3O. The number of hydrogen-bond donors (Lipinski definition) is 1. The molecule has 1 N–H and O–H groups in total. The van der Waals surface area contributed by atoms with Crippen LogP contribution in [0.3, 0.4) is 0 Å². The van der Waals surface area contributed by atoms with E-state index >= 15 is 0 Å². The fraction of sp³-hybridized carbons (Fsp3) is 0.500. The molecule has 1 amide bonds. The Balaban J connectivity index is 1.76. The number of halogens is 1. The van der Waals surface area contributed by atoms with Crippen LogP contribution in [0, 0.1) is 17.7 Å². The SMILES string of the molecule is CC(C)Cc1nc(-c2ccc(F)cc2)cnc1NC(=O)CC1CCCCC1. The average molecular weight is 369 g/mol. The topological polar surface area (TPSA) is 54.9 Å². The van der Waals surface area contributed by atoms with Gasteiger partial charge in [0.15, 0.2) is 5.82 Å². The van der Waals surface area contributed by atoms with Gasteiger partial charge in [-0.3, -0.25) is 4.79 Å². The summed E-state index contributed by atoms with van der Waals surface area (Å²) in [4.78, 5) is 21.7. The summed E-state index contributed by atoms with van der Waals surface area (Å²) >= 11 is 0. The van der Waals surface area contributed by atoms with Crippen LogP contribution in [0.4, 0.5) is 10.2 Å². The maximum atomic E-state index is 13.2. The summed E-state index contributed by atoms with van der Waals surface area (Å²) in [5.74, 6) is 1.17. The smallest absolute Gasteiger partial charge is 0.225 e. The van der Waals surface area contributed by atoms with E-state index in [9.17, 15) is 9.18 Å². The van der Waals surface area contributed by atoms with Gasteiger partial charge in [0.05, 0.1) is 17.6 Å². The lowest BCUT2D eigenvalue weighted by Gasteiger charge is -2.21. The van der Waals surface area contributed by atoms with Gasteiger partial charge >= 0.3 is 0 Å². The lowest BCUT2D eigenvalue weighted by molar-refractivity contribution is -0.117. The Bertz CT molecular complexity index is 768. The van der Waals surface area contributed by atoms with Gasteiger partial charge in [-0.15, -0.1) is 0 Å². The summed E-state index contributed by atoms with van der Waals surface area (Å²) in [5.41, 5.74) is 2.29. The predicted molar refractivity (Wildman–Crippen MR) is 106 cm³/mol. The first-order valence-electron chi connectivity index (χ1n) is 9.93. The second kappa shape index (κ2) is 9.07. The average Bonchev–Trinajstić information content (AvgIpc) is 2.64. The van der Waals surface area contributed by atoms with Crippen LogP contribution in [0.5, 0.6) is 0 Å². The second-order valence-corrected chi connectivity index (χ2v) is 7.91. The van der Waals surface area contributed by atoms with Gasteiger partial charge in [-0.2, -0.15) is 0 Å². The zero-order valence-corrected chi connectivity index (χ0v) is 16.2. The van der Waals surface area contributed by atoms with Crippen molar-refractivity contribution in [2.45, 2.75) is 58.8 Å². The summed E-state index contributed by atoms with van der Waals surface area (Å²) in [6.45, 7) is 4.22. The highest BCUT2D eigenvalue weighted by molar-refractivity contribution is 5.90. The number of amides is 1. The third-order valence-electron chi connectivity index (χ3n) is 5.04. The summed E-state index contributed by atoms with van der Waals surface area (Å²) in [5, 5.41) is 2.98. The van der Waals surface area contributed by atoms with Crippen molar-refractivity contribution in [3.63, 3.8) is 0 Å². The van der Waals surface area contributed by atoms with Crippen LogP contribution in [0.1, 0.15) is 58.1 Å². The molecule has 1 aromatic heterocycles. The number of carbonyl (C=O) groups is 1. The van der Waals surface area contributed by atoms with Crippen LogP contribution in [-0.2, 0) is 11.2 Å². The molecule has 0 spiro atoms. The lowest BCUT2D eigenvalue weighted by Crippen LogP contribution is -2.20. The van der Waals surface area contributed by atoms with Gasteiger partial charge in [0, 0.05) is 12.0 Å². The van der Waals surface area contributed by atoms with Crippen molar-refractivity contribution in [1.82, 2.24) is 9.97 Å². The maximum absolute atomic E-state index is 13.2. The molecule has 4 nitrogen and oxygen atoms in total. The molecule has 1 aliphatic rings. The number of anilines is 1. The number of rotatable bonds is 6. The molecule has 0 radical (unpaired) electrons. The van der Waals surface area contributed by atoms with Crippen molar-refractivity contribution in [2.75, 3.05) is 5.32 Å². The second-order valence-electron chi connectivity index (χ2n) is 7.91. The number of aromatic nitrogens is 2. The van der Waals surface area contributed by atoms with Crippen molar-refractivity contribution in [1.29, 1.82) is 0 Å². The fourth-order valence-electron chi connectivity index (χ4n) is 3.66. The van der Waals surface area contributed by atoms with Gasteiger partial charge in [0.1, 0.15) is 5.82 Å². The van der Waals surface area contributed by atoms with Crippen LogP contribution in [0.2, 0.25) is 0 Å². The van der Waals surface area contributed by atoms with Crippen molar-refractivity contribution in [3.8, 4) is 11.3 Å². The molecule has 0 bridgehead atoms. The highest BCUT2D eigenvalue weighted by Gasteiger charge is 2.19. The van der Waals surface area contributed by atoms with Crippen LogP contribution < -0.4 is 5.32 Å². The molecule has 1 heterocycles. The van der Waals surface area contributed by atoms with Crippen LogP contribution in [-0.4, -0.2) is 15.9 Å². The Labute approximate surface area is 160 Å². The van der Waals surface area contributed by atoms with Gasteiger partial charge in [-0.25, -0.2) is 14.4 Å². The van der Waals surface area contributed by atoms with Gasteiger partial charge in [0.2, 0.25) is 5.91 Å². The Morgan fingerprint density at radius 2 is 1.89 bits per heavy atom.